The predicted octanol–water partition coefficient (Wildman–Crippen LogP) is 2.71. The third-order valence-electron chi connectivity index (χ3n) is 3.64. The van der Waals surface area contributed by atoms with Crippen LogP contribution >= 0.6 is 0 Å². The highest BCUT2D eigenvalue weighted by molar-refractivity contribution is 5.96. The van der Waals surface area contributed by atoms with Crippen molar-refractivity contribution >= 4 is 17.6 Å². The van der Waals surface area contributed by atoms with E-state index in [9.17, 15) is 9.59 Å². The van der Waals surface area contributed by atoms with Crippen LogP contribution in [-0.4, -0.2) is 22.8 Å². The highest BCUT2D eigenvalue weighted by Gasteiger charge is 2.24. The van der Waals surface area contributed by atoms with Gasteiger partial charge in [0.2, 0.25) is 11.8 Å². The van der Waals surface area contributed by atoms with Gasteiger partial charge >= 0.3 is 0 Å². The second kappa shape index (κ2) is 8.24. The summed E-state index contributed by atoms with van der Waals surface area (Å²) >= 11 is 0. The summed E-state index contributed by atoms with van der Waals surface area (Å²) in [6.07, 6.45) is 1.94. The lowest BCUT2D eigenvalue weighted by Crippen LogP contribution is -2.47. The topological polar surface area (TPSA) is 71.1 Å². The van der Waals surface area contributed by atoms with Crippen LogP contribution < -0.4 is 10.6 Å². The first-order valence-electron chi connectivity index (χ1n) is 8.02. The van der Waals surface area contributed by atoms with Crippen LogP contribution in [0.15, 0.2) is 48.7 Å². The Morgan fingerprint density at radius 3 is 2.38 bits per heavy atom. The molecule has 5 heteroatoms. The van der Waals surface area contributed by atoms with Crippen molar-refractivity contribution in [1.29, 1.82) is 0 Å². The molecule has 0 fully saturated rings. The van der Waals surface area contributed by atoms with Crippen LogP contribution in [-0.2, 0) is 16.0 Å². The zero-order chi connectivity index (χ0) is 17.5. The minimum atomic E-state index is -0.607. The number of aromatic nitrogens is 1. The van der Waals surface area contributed by atoms with Crippen LogP contribution in [0.25, 0.3) is 0 Å². The number of carbonyl (C=O) groups excluding carboxylic acids is 2. The number of nitrogens with zero attached hydrogens (tertiary/aromatic N) is 1. The number of hydrogen-bond acceptors (Lipinski definition) is 3. The van der Waals surface area contributed by atoms with Crippen molar-refractivity contribution in [2.24, 2.45) is 5.92 Å². The summed E-state index contributed by atoms with van der Waals surface area (Å²) in [6, 6.07) is 12.5. The van der Waals surface area contributed by atoms with Gasteiger partial charge in [-0.3, -0.25) is 9.59 Å². The van der Waals surface area contributed by atoms with Crippen LogP contribution in [0.2, 0.25) is 0 Å². The summed E-state index contributed by atoms with van der Waals surface area (Å²) in [5.41, 5.74) is 1.93. The molecule has 0 bridgehead atoms. The van der Waals surface area contributed by atoms with Gasteiger partial charge in [-0.25, -0.2) is 4.98 Å². The fraction of sp³-hybridized carbons (Fsp3) is 0.316. The third kappa shape index (κ3) is 5.19. The Kier molecular flexibility index (Phi) is 6.07. The van der Waals surface area contributed by atoms with Gasteiger partial charge in [0.1, 0.15) is 11.9 Å². The number of carbonyl (C=O) groups is 2. The molecule has 5 nitrogen and oxygen atoms in total. The van der Waals surface area contributed by atoms with Gasteiger partial charge in [0, 0.05) is 6.20 Å². The molecule has 126 valence electrons. The second-order valence-electron chi connectivity index (χ2n) is 6.16. The first-order chi connectivity index (χ1) is 11.5. The number of hydrogen-bond donors (Lipinski definition) is 2. The van der Waals surface area contributed by atoms with Gasteiger partial charge < -0.3 is 10.6 Å². The Balaban J connectivity index is 1.98. The minimum Gasteiger partial charge on any atom is -0.344 e. The Hall–Kier alpha value is -2.69. The molecule has 2 amide bonds. The lowest BCUT2D eigenvalue weighted by molar-refractivity contribution is -0.127. The number of amides is 2. The Morgan fingerprint density at radius 1 is 1.08 bits per heavy atom. The molecule has 24 heavy (non-hydrogen) atoms. The lowest BCUT2D eigenvalue weighted by atomic mass is 10.0. The van der Waals surface area contributed by atoms with E-state index in [0.717, 1.165) is 11.1 Å². The molecule has 2 rings (SSSR count). The van der Waals surface area contributed by atoms with Crippen molar-refractivity contribution < 1.29 is 9.59 Å². The van der Waals surface area contributed by atoms with E-state index in [0.29, 0.717) is 5.82 Å². The highest BCUT2D eigenvalue weighted by atomic mass is 16.2. The monoisotopic (exact) mass is 325 g/mol. The first kappa shape index (κ1) is 17.7. The summed E-state index contributed by atoms with van der Waals surface area (Å²) in [4.78, 5) is 28.8. The molecule has 0 spiro atoms. The van der Waals surface area contributed by atoms with Gasteiger partial charge in [-0.15, -0.1) is 0 Å². The number of nitrogens with one attached hydrogen (secondary N) is 2. The van der Waals surface area contributed by atoms with Crippen molar-refractivity contribution in [3.8, 4) is 0 Å². The molecule has 0 aliphatic carbocycles. The van der Waals surface area contributed by atoms with Crippen molar-refractivity contribution in [1.82, 2.24) is 10.3 Å². The van der Waals surface area contributed by atoms with E-state index in [-0.39, 0.29) is 24.2 Å². The van der Waals surface area contributed by atoms with Crippen molar-refractivity contribution in [3.05, 3.63) is 59.8 Å². The molecule has 2 N–H and O–H groups in total. The minimum absolute atomic E-state index is 0.0322. The molecule has 2 aromatic rings. The number of anilines is 1. The van der Waals surface area contributed by atoms with Crippen LogP contribution in [0.1, 0.15) is 25.0 Å². The molecule has 1 heterocycles. The van der Waals surface area contributed by atoms with Crippen molar-refractivity contribution in [2.45, 2.75) is 33.2 Å². The molecule has 0 aliphatic rings. The van der Waals surface area contributed by atoms with E-state index in [2.05, 4.69) is 15.6 Å². The number of pyridine rings is 1. The van der Waals surface area contributed by atoms with E-state index in [1.807, 2.05) is 57.2 Å². The highest BCUT2D eigenvalue weighted by Crippen LogP contribution is 2.09. The van der Waals surface area contributed by atoms with E-state index in [4.69, 9.17) is 0 Å². The van der Waals surface area contributed by atoms with E-state index >= 15 is 0 Å². The maximum Gasteiger partial charge on any atom is 0.248 e. The summed E-state index contributed by atoms with van der Waals surface area (Å²) < 4.78 is 0. The number of rotatable bonds is 6. The zero-order valence-corrected chi connectivity index (χ0v) is 14.2. The number of benzene rings is 1. The van der Waals surface area contributed by atoms with Crippen LogP contribution in [0.5, 0.6) is 0 Å². The molecular formula is C19H23N3O2. The number of aryl methyl sites for hydroxylation is 1. The molecular weight excluding hydrogens is 302 g/mol. The zero-order valence-electron chi connectivity index (χ0n) is 14.2. The van der Waals surface area contributed by atoms with Gasteiger partial charge in [0.15, 0.2) is 0 Å². The molecule has 0 saturated heterocycles. The van der Waals surface area contributed by atoms with Crippen molar-refractivity contribution in [3.63, 3.8) is 0 Å². The van der Waals surface area contributed by atoms with Gasteiger partial charge in [0.05, 0.1) is 6.42 Å². The fourth-order valence-corrected chi connectivity index (χ4v) is 2.29. The Morgan fingerprint density at radius 2 is 1.79 bits per heavy atom. The average Bonchev–Trinajstić information content (AvgIpc) is 2.55. The molecule has 0 aliphatic heterocycles. The van der Waals surface area contributed by atoms with E-state index < -0.39 is 6.04 Å². The maximum absolute atomic E-state index is 12.5. The third-order valence-corrected chi connectivity index (χ3v) is 3.64. The normalized spacial score (nSPS) is 11.8. The first-order valence-corrected chi connectivity index (χ1v) is 8.02. The van der Waals surface area contributed by atoms with Gasteiger partial charge in [0.25, 0.3) is 0 Å². The summed E-state index contributed by atoms with van der Waals surface area (Å²) in [7, 11) is 0. The molecule has 1 atom stereocenters. The van der Waals surface area contributed by atoms with Gasteiger partial charge in [-0.1, -0.05) is 50.2 Å². The Labute approximate surface area is 142 Å². The van der Waals surface area contributed by atoms with Gasteiger partial charge in [-0.05, 0) is 30.0 Å². The lowest BCUT2D eigenvalue weighted by Gasteiger charge is -2.21. The van der Waals surface area contributed by atoms with Gasteiger partial charge in [-0.2, -0.15) is 0 Å². The fourth-order valence-electron chi connectivity index (χ4n) is 2.29. The SMILES string of the molecule is Cc1ccc(NC(=O)C(NC(=O)Cc2ccccc2)C(C)C)nc1. The Bertz CT molecular complexity index is 682. The van der Waals surface area contributed by atoms with Crippen LogP contribution in [0.3, 0.4) is 0 Å². The summed E-state index contributed by atoms with van der Waals surface area (Å²) in [5, 5.41) is 5.57. The van der Waals surface area contributed by atoms with E-state index in [1.165, 1.54) is 0 Å². The van der Waals surface area contributed by atoms with E-state index in [1.54, 1.807) is 12.3 Å². The summed E-state index contributed by atoms with van der Waals surface area (Å²) in [6.45, 7) is 5.73. The van der Waals surface area contributed by atoms with Crippen LogP contribution in [0.4, 0.5) is 5.82 Å². The second-order valence-corrected chi connectivity index (χ2v) is 6.16. The molecule has 1 unspecified atom stereocenters. The molecule has 0 radical (unpaired) electrons. The standard InChI is InChI=1S/C19H23N3O2/c1-13(2)18(19(24)21-16-10-9-14(3)12-20-16)22-17(23)11-15-7-5-4-6-8-15/h4-10,12-13,18H,11H2,1-3H3,(H,22,23)(H,20,21,24). The maximum atomic E-state index is 12.5. The predicted molar refractivity (Wildman–Crippen MR) is 94.5 cm³/mol. The van der Waals surface area contributed by atoms with Crippen LogP contribution in [0, 0.1) is 12.8 Å². The average molecular weight is 325 g/mol. The summed E-state index contributed by atoms with van der Waals surface area (Å²) in [5.74, 6) is 0.0124. The molecule has 0 saturated carbocycles. The smallest absolute Gasteiger partial charge is 0.248 e. The van der Waals surface area contributed by atoms with Crippen molar-refractivity contribution in [2.75, 3.05) is 5.32 Å². The quantitative estimate of drug-likeness (QED) is 0.858. The molecule has 1 aromatic heterocycles. The molecule has 1 aromatic carbocycles. The largest absolute Gasteiger partial charge is 0.344 e.